The Bertz CT molecular complexity index is 518. The van der Waals surface area contributed by atoms with Crippen LogP contribution in [0.4, 0.5) is 5.69 Å². The predicted octanol–water partition coefficient (Wildman–Crippen LogP) is 1.54. The zero-order valence-electron chi connectivity index (χ0n) is 11.2. The van der Waals surface area contributed by atoms with Crippen molar-refractivity contribution in [3.63, 3.8) is 0 Å². The van der Waals surface area contributed by atoms with Gasteiger partial charge in [-0.3, -0.25) is 0 Å². The van der Waals surface area contributed by atoms with E-state index in [0.717, 1.165) is 19.4 Å². The van der Waals surface area contributed by atoms with Gasteiger partial charge in [0.2, 0.25) is 10.0 Å². The molecule has 0 heterocycles. The number of nitrogens with one attached hydrogen (secondary N) is 1. The van der Waals surface area contributed by atoms with Crippen molar-refractivity contribution in [3.8, 4) is 0 Å². The van der Waals surface area contributed by atoms with E-state index in [-0.39, 0.29) is 10.6 Å². The first-order chi connectivity index (χ1) is 8.83. The average molecular weight is 306 g/mol. The molecular weight excluding hydrogens is 286 g/mol. The molecular formula is C12H20ClN3O2S. The summed E-state index contributed by atoms with van der Waals surface area (Å²) < 4.78 is 26.5. The molecule has 19 heavy (non-hydrogen) atoms. The number of rotatable bonds is 7. The Hall–Kier alpha value is -0.820. The number of nitrogen functional groups attached to an aromatic ring is 1. The summed E-state index contributed by atoms with van der Waals surface area (Å²) in [6.45, 7) is 1.36. The van der Waals surface area contributed by atoms with Crippen molar-refractivity contribution in [1.82, 2.24) is 9.62 Å². The summed E-state index contributed by atoms with van der Waals surface area (Å²) in [5.41, 5.74) is 5.86. The molecule has 1 aromatic rings. The average Bonchev–Trinajstić information content (AvgIpc) is 2.31. The maximum Gasteiger partial charge on any atom is 0.240 e. The standard InChI is InChI=1S/C12H20ClN3O2S/c1-16(2)8-4-3-7-15-19(17,18)10-5-6-11(13)12(14)9-10/h5-6,9,15H,3-4,7-8,14H2,1-2H3. The number of sulfonamides is 1. The van der Waals surface area contributed by atoms with Crippen LogP contribution in [0.1, 0.15) is 12.8 Å². The second-order valence-electron chi connectivity index (χ2n) is 4.59. The van der Waals surface area contributed by atoms with Gasteiger partial charge in [0.25, 0.3) is 0 Å². The quantitative estimate of drug-likeness (QED) is 0.592. The summed E-state index contributed by atoms with van der Waals surface area (Å²) in [5, 5.41) is 0.352. The lowest BCUT2D eigenvalue weighted by molar-refractivity contribution is 0.394. The van der Waals surface area contributed by atoms with E-state index in [1.165, 1.54) is 18.2 Å². The number of halogens is 1. The lowest BCUT2D eigenvalue weighted by atomic mass is 10.3. The van der Waals surface area contributed by atoms with Gasteiger partial charge in [-0.15, -0.1) is 0 Å². The van der Waals surface area contributed by atoms with Crippen molar-refractivity contribution < 1.29 is 8.42 Å². The van der Waals surface area contributed by atoms with Crippen LogP contribution in [-0.4, -0.2) is 40.5 Å². The Morgan fingerprint density at radius 2 is 2.00 bits per heavy atom. The van der Waals surface area contributed by atoms with E-state index in [1.54, 1.807) is 0 Å². The molecule has 3 N–H and O–H groups in total. The van der Waals surface area contributed by atoms with E-state index >= 15 is 0 Å². The van der Waals surface area contributed by atoms with Gasteiger partial charge in [0, 0.05) is 6.54 Å². The van der Waals surface area contributed by atoms with Crippen LogP contribution in [0, 0.1) is 0 Å². The number of nitrogens with zero attached hydrogens (tertiary/aromatic N) is 1. The third-order valence-corrected chi connectivity index (χ3v) is 4.40. The van der Waals surface area contributed by atoms with Gasteiger partial charge < -0.3 is 10.6 Å². The highest BCUT2D eigenvalue weighted by molar-refractivity contribution is 7.89. The molecule has 0 radical (unpaired) electrons. The van der Waals surface area contributed by atoms with E-state index in [4.69, 9.17) is 17.3 Å². The second-order valence-corrected chi connectivity index (χ2v) is 6.77. The molecule has 0 saturated heterocycles. The first-order valence-electron chi connectivity index (χ1n) is 6.02. The molecule has 0 bridgehead atoms. The fraction of sp³-hybridized carbons (Fsp3) is 0.500. The summed E-state index contributed by atoms with van der Waals surface area (Å²) in [7, 11) is 0.471. The third kappa shape index (κ3) is 5.36. The number of anilines is 1. The van der Waals surface area contributed by atoms with E-state index in [9.17, 15) is 8.42 Å². The van der Waals surface area contributed by atoms with Crippen LogP contribution < -0.4 is 10.5 Å². The van der Waals surface area contributed by atoms with Crippen LogP contribution in [-0.2, 0) is 10.0 Å². The molecule has 0 amide bonds. The minimum atomic E-state index is -3.50. The zero-order chi connectivity index (χ0) is 14.5. The van der Waals surface area contributed by atoms with E-state index in [1.807, 2.05) is 14.1 Å². The monoisotopic (exact) mass is 305 g/mol. The van der Waals surface area contributed by atoms with Crippen molar-refractivity contribution in [2.75, 3.05) is 32.9 Å². The fourth-order valence-electron chi connectivity index (χ4n) is 1.53. The van der Waals surface area contributed by atoms with E-state index < -0.39 is 10.0 Å². The molecule has 0 aliphatic carbocycles. The van der Waals surface area contributed by atoms with Crippen molar-refractivity contribution >= 4 is 27.3 Å². The molecule has 0 unspecified atom stereocenters. The van der Waals surface area contributed by atoms with Crippen LogP contribution in [0.15, 0.2) is 23.1 Å². The highest BCUT2D eigenvalue weighted by atomic mass is 35.5. The molecule has 1 rings (SSSR count). The predicted molar refractivity (Wildman–Crippen MR) is 78.8 cm³/mol. The molecule has 0 atom stereocenters. The van der Waals surface area contributed by atoms with Crippen LogP contribution in [0.5, 0.6) is 0 Å². The SMILES string of the molecule is CN(C)CCCCNS(=O)(=O)c1ccc(Cl)c(N)c1. The molecule has 0 saturated carbocycles. The van der Waals surface area contributed by atoms with Gasteiger partial charge in [-0.25, -0.2) is 13.1 Å². The zero-order valence-corrected chi connectivity index (χ0v) is 12.8. The third-order valence-electron chi connectivity index (χ3n) is 2.60. The second kappa shape index (κ2) is 7.09. The number of benzene rings is 1. The fourth-order valence-corrected chi connectivity index (χ4v) is 2.76. The normalized spacial score (nSPS) is 12.0. The van der Waals surface area contributed by atoms with Gasteiger partial charge >= 0.3 is 0 Å². The van der Waals surface area contributed by atoms with Gasteiger partial charge in [0.15, 0.2) is 0 Å². The molecule has 0 spiro atoms. The number of unbranched alkanes of at least 4 members (excludes halogenated alkanes) is 1. The highest BCUT2D eigenvalue weighted by Crippen LogP contribution is 2.21. The van der Waals surface area contributed by atoms with Crippen LogP contribution in [0.2, 0.25) is 5.02 Å². The van der Waals surface area contributed by atoms with Crippen molar-refractivity contribution in [2.45, 2.75) is 17.7 Å². The van der Waals surface area contributed by atoms with Gasteiger partial charge in [-0.05, 0) is 51.7 Å². The first-order valence-corrected chi connectivity index (χ1v) is 7.88. The summed E-state index contributed by atoms with van der Waals surface area (Å²) in [5.74, 6) is 0. The Kier molecular flexibility index (Phi) is 6.06. The Balaban J connectivity index is 2.54. The maximum atomic E-state index is 12.0. The summed E-state index contributed by atoms with van der Waals surface area (Å²) >= 11 is 5.76. The van der Waals surface area contributed by atoms with Gasteiger partial charge in [0.05, 0.1) is 15.6 Å². The molecule has 5 nitrogen and oxygen atoms in total. The Labute approximate surface area is 119 Å². The molecule has 7 heteroatoms. The number of nitrogens with two attached hydrogens (primary N) is 1. The van der Waals surface area contributed by atoms with Crippen molar-refractivity contribution in [2.24, 2.45) is 0 Å². The van der Waals surface area contributed by atoms with Gasteiger partial charge in [-0.2, -0.15) is 0 Å². The Morgan fingerprint density at radius 3 is 2.58 bits per heavy atom. The van der Waals surface area contributed by atoms with Crippen LogP contribution >= 0.6 is 11.6 Å². The van der Waals surface area contributed by atoms with Crippen LogP contribution in [0.3, 0.4) is 0 Å². The number of hydrogen-bond acceptors (Lipinski definition) is 4. The first kappa shape index (κ1) is 16.2. The minimum absolute atomic E-state index is 0.141. The van der Waals surface area contributed by atoms with Crippen LogP contribution in [0.25, 0.3) is 0 Å². The summed E-state index contributed by atoms with van der Waals surface area (Å²) in [4.78, 5) is 2.20. The number of hydrogen-bond donors (Lipinski definition) is 2. The maximum absolute atomic E-state index is 12.0. The molecule has 0 aliphatic rings. The van der Waals surface area contributed by atoms with Crippen molar-refractivity contribution in [1.29, 1.82) is 0 Å². The highest BCUT2D eigenvalue weighted by Gasteiger charge is 2.14. The minimum Gasteiger partial charge on any atom is -0.397 e. The molecule has 0 aromatic heterocycles. The molecule has 1 aromatic carbocycles. The smallest absolute Gasteiger partial charge is 0.240 e. The van der Waals surface area contributed by atoms with E-state index in [2.05, 4.69) is 9.62 Å². The molecule has 108 valence electrons. The van der Waals surface area contributed by atoms with E-state index in [0.29, 0.717) is 11.6 Å². The summed E-state index contributed by atoms with van der Waals surface area (Å²) in [6, 6.07) is 4.29. The molecule has 0 fully saturated rings. The van der Waals surface area contributed by atoms with Gasteiger partial charge in [0.1, 0.15) is 0 Å². The summed E-state index contributed by atoms with van der Waals surface area (Å²) in [6.07, 6.45) is 1.73. The largest absolute Gasteiger partial charge is 0.397 e. The lowest BCUT2D eigenvalue weighted by Crippen LogP contribution is -2.25. The lowest BCUT2D eigenvalue weighted by Gasteiger charge is -2.10. The van der Waals surface area contributed by atoms with Gasteiger partial charge in [-0.1, -0.05) is 11.6 Å². The topological polar surface area (TPSA) is 75.4 Å². The van der Waals surface area contributed by atoms with Crippen molar-refractivity contribution in [3.05, 3.63) is 23.2 Å². The Morgan fingerprint density at radius 1 is 1.32 bits per heavy atom. The molecule has 0 aliphatic heterocycles.